The van der Waals surface area contributed by atoms with Gasteiger partial charge in [-0.05, 0) is 42.0 Å². The highest BCUT2D eigenvalue weighted by Crippen LogP contribution is 2.37. The van der Waals surface area contributed by atoms with Crippen molar-refractivity contribution >= 4 is 21.6 Å². The van der Waals surface area contributed by atoms with Crippen LogP contribution in [0.4, 0.5) is 0 Å². The van der Waals surface area contributed by atoms with Crippen molar-refractivity contribution in [2.24, 2.45) is 0 Å². The second-order valence-corrected chi connectivity index (χ2v) is 5.74. The highest BCUT2D eigenvalue weighted by atomic mass is 33.1. The first-order valence-electron chi connectivity index (χ1n) is 5.11. The topological polar surface area (TPSA) is 40.5 Å². The lowest BCUT2D eigenvalue weighted by atomic mass is 10.2. The van der Waals surface area contributed by atoms with Gasteiger partial charge in [-0.2, -0.15) is 0 Å². The highest BCUT2D eigenvalue weighted by molar-refractivity contribution is 8.76. The summed E-state index contributed by atoms with van der Waals surface area (Å²) in [7, 11) is 3.29. The molecule has 88 valence electrons. The van der Waals surface area contributed by atoms with Crippen LogP contribution in [-0.4, -0.2) is 10.2 Å². The third-order valence-electron chi connectivity index (χ3n) is 2.18. The molecule has 2 nitrogen and oxygen atoms in total. The number of aliphatic hydroxyl groups is 1. The number of aliphatic hydroxyl groups excluding tert-OH is 1. The molecule has 0 aliphatic heterocycles. The van der Waals surface area contributed by atoms with E-state index in [9.17, 15) is 0 Å². The Bertz CT molecular complexity index is 466. The molecule has 0 radical (unpaired) electrons. The third-order valence-corrected chi connectivity index (χ3v) is 4.59. The van der Waals surface area contributed by atoms with Gasteiger partial charge in [0.25, 0.3) is 0 Å². The molecule has 0 saturated carbocycles. The lowest BCUT2D eigenvalue weighted by Crippen LogP contribution is -1.80. The van der Waals surface area contributed by atoms with Gasteiger partial charge in [0.2, 0.25) is 0 Å². The molecule has 2 aromatic rings. The zero-order valence-electron chi connectivity index (χ0n) is 9.04. The van der Waals surface area contributed by atoms with Crippen molar-refractivity contribution in [2.45, 2.75) is 16.4 Å². The van der Waals surface area contributed by atoms with E-state index in [1.165, 1.54) is 0 Å². The molecule has 2 N–H and O–H groups in total. The van der Waals surface area contributed by atoms with Crippen LogP contribution in [0.5, 0.6) is 5.75 Å². The summed E-state index contributed by atoms with van der Waals surface area (Å²) < 4.78 is 0. The van der Waals surface area contributed by atoms with E-state index in [0.29, 0.717) is 0 Å². The number of phenolic OH excluding ortho intramolecular Hbond substituents is 1. The summed E-state index contributed by atoms with van der Waals surface area (Å²) in [5.41, 5.74) is 0.920. The van der Waals surface area contributed by atoms with E-state index in [1.807, 2.05) is 36.4 Å². The smallest absolute Gasteiger partial charge is 0.115 e. The Morgan fingerprint density at radius 3 is 1.71 bits per heavy atom. The van der Waals surface area contributed by atoms with E-state index in [1.54, 1.807) is 33.7 Å². The van der Waals surface area contributed by atoms with Crippen molar-refractivity contribution in [3.63, 3.8) is 0 Å². The minimum atomic E-state index is 0.0794. The molecule has 0 bridgehead atoms. The third kappa shape index (κ3) is 3.70. The van der Waals surface area contributed by atoms with Gasteiger partial charge in [-0.3, -0.25) is 0 Å². The number of benzene rings is 2. The fourth-order valence-electron chi connectivity index (χ4n) is 1.25. The molecular weight excluding hydrogens is 252 g/mol. The number of phenols is 1. The molecule has 0 saturated heterocycles. The minimum Gasteiger partial charge on any atom is -0.508 e. The summed E-state index contributed by atoms with van der Waals surface area (Å²) in [6.45, 7) is 0.0794. The maximum Gasteiger partial charge on any atom is 0.115 e. The zero-order valence-corrected chi connectivity index (χ0v) is 10.7. The molecule has 0 fully saturated rings. The molecule has 0 aromatic heterocycles. The quantitative estimate of drug-likeness (QED) is 0.826. The van der Waals surface area contributed by atoms with E-state index in [2.05, 4.69) is 0 Å². The molecular formula is C13H12O2S2. The molecule has 17 heavy (non-hydrogen) atoms. The van der Waals surface area contributed by atoms with Crippen LogP contribution in [0.3, 0.4) is 0 Å². The first-order chi connectivity index (χ1) is 8.28. The monoisotopic (exact) mass is 264 g/mol. The Morgan fingerprint density at radius 2 is 1.24 bits per heavy atom. The number of rotatable bonds is 4. The standard InChI is InChI=1S/C13H12O2S2/c14-9-10-1-5-12(6-2-10)16-17-13-7-3-11(15)4-8-13/h1-8,14-15H,9H2. The van der Waals surface area contributed by atoms with Gasteiger partial charge in [-0.1, -0.05) is 33.7 Å². The maximum atomic E-state index is 9.16. The Labute approximate surface area is 108 Å². The van der Waals surface area contributed by atoms with Crippen molar-refractivity contribution in [1.82, 2.24) is 0 Å². The van der Waals surface area contributed by atoms with Gasteiger partial charge < -0.3 is 10.2 Å². The van der Waals surface area contributed by atoms with Gasteiger partial charge in [-0.25, -0.2) is 0 Å². The Balaban J connectivity index is 1.95. The molecule has 0 amide bonds. The molecule has 0 atom stereocenters. The summed E-state index contributed by atoms with van der Waals surface area (Å²) >= 11 is 0. The first kappa shape index (κ1) is 12.4. The van der Waals surface area contributed by atoms with Crippen molar-refractivity contribution < 1.29 is 10.2 Å². The van der Waals surface area contributed by atoms with Gasteiger partial charge >= 0.3 is 0 Å². The van der Waals surface area contributed by atoms with Crippen molar-refractivity contribution in [3.8, 4) is 5.75 Å². The summed E-state index contributed by atoms with van der Waals surface area (Å²) in [6.07, 6.45) is 0. The molecule has 0 unspecified atom stereocenters. The molecule has 0 spiro atoms. The molecule has 0 heterocycles. The van der Waals surface area contributed by atoms with Gasteiger partial charge in [0.1, 0.15) is 5.75 Å². The van der Waals surface area contributed by atoms with Crippen LogP contribution in [0.1, 0.15) is 5.56 Å². The molecule has 0 aliphatic carbocycles. The number of aromatic hydroxyl groups is 1. The van der Waals surface area contributed by atoms with E-state index < -0.39 is 0 Å². The van der Waals surface area contributed by atoms with Crippen LogP contribution in [0.2, 0.25) is 0 Å². The van der Waals surface area contributed by atoms with Gasteiger partial charge in [0.05, 0.1) is 6.61 Å². The van der Waals surface area contributed by atoms with Crippen LogP contribution >= 0.6 is 21.6 Å². The average Bonchev–Trinajstić information content (AvgIpc) is 2.39. The Morgan fingerprint density at radius 1 is 0.765 bits per heavy atom. The molecule has 4 heteroatoms. The zero-order chi connectivity index (χ0) is 12.1. The highest BCUT2D eigenvalue weighted by Gasteiger charge is 1.98. The summed E-state index contributed by atoms with van der Waals surface area (Å²) in [4.78, 5) is 2.24. The average molecular weight is 264 g/mol. The number of hydrogen-bond donors (Lipinski definition) is 2. The van der Waals surface area contributed by atoms with E-state index in [0.717, 1.165) is 15.4 Å². The van der Waals surface area contributed by atoms with Crippen LogP contribution in [0.25, 0.3) is 0 Å². The summed E-state index contributed by atoms with van der Waals surface area (Å²) in [6, 6.07) is 14.9. The normalized spacial score (nSPS) is 10.4. The van der Waals surface area contributed by atoms with Crippen LogP contribution in [0.15, 0.2) is 58.3 Å². The lowest BCUT2D eigenvalue weighted by molar-refractivity contribution is 0.282. The van der Waals surface area contributed by atoms with Gasteiger partial charge in [-0.15, -0.1) is 0 Å². The second-order valence-electron chi connectivity index (χ2n) is 3.46. The van der Waals surface area contributed by atoms with Gasteiger partial charge in [0.15, 0.2) is 0 Å². The molecule has 2 aromatic carbocycles. The molecule has 0 aliphatic rings. The van der Waals surface area contributed by atoms with E-state index in [4.69, 9.17) is 10.2 Å². The Kier molecular flexibility index (Phi) is 4.36. The number of hydrogen-bond acceptors (Lipinski definition) is 4. The minimum absolute atomic E-state index is 0.0794. The lowest BCUT2D eigenvalue weighted by Gasteiger charge is -2.02. The molecule has 2 rings (SSSR count). The van der Waals surface area contributed by atoms with Crippen molar-refractivity contribution in [2.75, 3.05) is 0 Å². The largest absolute Gasteiger partial charge is 0.508 e. The van der Waals surface area contributed by atoms with Crippen molar-refractivity contribution in [1.29, 1.82) is 0 Å². The Hall–Kier alpha value is -1.10. The first-order valence-corrected chi connectivity index (χ1v) is 7.26. The van der Waals surface area contributed by atoms with Gasteiger partial charge in [0, 0.05) is 9.79 Å². The SMILES string of the molecule is OCc1ccc(SSc2ccc(O)cc2)cc1. The fraction of sp³-hybridized carbons (Fsp3) is 0.0769. The summed E-state index contributed by atoms with van der Waals surface area (Å²) in [5.74, 6) is 0.284. The van der Waals surface area contributed by atoms with Crippen LogP contribution in [-0.2, 0) is 6.61 Å². The maximum absolute atomic E-state index is 9.16. The van der Waals surface area contributed by atoms with E-state index in [-0.39, 0.29) is 12.4 Å². The fourth-order valence-corrected chi connectivity index (χ4v) is 3.18. The predicted octanol–water partition coefficient (Wildman–Crippen LogP) is 3.68. The van der Waals surface area contributed by atoms with E-state index >= 15 is 0 Å². The predicted molar refractivity (Wildman–Crippen MR) is 72.2 cm³/mol. The van der Waals surface area contributed by atoms with Crippen LogP contribution in [0, 0.1) is 0 Å². The van der Waals surface area contributed by atoms with Crippen LogP contribution < -0.4 is 0 Å². The van der Waals surface area contributed by atoms with Crippen molar-refractivity contribution in [3.05, 3.63) is 54.1 Å². The summed E-state index contributed by atoms with van der Waals surface area (Å²) in [5, 5.41) is 18.1. The second kappa shape index (κ2) is 6.00.